The molecule has 0 bridgehead atoms. The van der Waals surface area contributed by atoms with Crippen LogP contribution in [0, 0.1) is 11.3 Å². The molecule has 0 spiro atoms. The Balaban J connectivity index is 1.82. The van der Waals surface area contributed by atoms with E-state index in [-0.39, 0.29) is 0 Å². The van der Waals surface area contributed by atoms with Crippen LogP contribution in [0.4, 0.5) is 0 Å². The van der Waals surface area contributed by atoms with Gasteiger partial charge in [-0.1, -0.05) is 29.8 Å². The molecule has 0 radical (unpaired) electrons. The summed E-state index contributed by atoms with van der Waals surface area (Å²) < 4.78 is 3.54. The quantitative estimate of drug-likeness (QED) is 0.450. The Morgan fingerprint density at radius 2 is 1.96 bits per heavy atom. The number of nitrogens with zero attached hydrogens (tertiary/aromatic N) is 6. The Bertz CT molecular complexity index is 1410. The van der Waals surface area contributed by atoms with Gasteiger partial charge in [0.2, 0.25) is 0 Å². The first-order chi connectivity index (χ1) is 13.7. The number of imidazole rings is 1. The van der Waals surface area contributed by atoms with Gasteiger partial charge in [-0.15, -0.1) is 0 Å². The summed E-state index contributed by atoms with van der Waals surface area (Å²) >= 11 is 6.36. The SMILES string of the molecule is Cn1cc(-c2cnc3ccn4c(C#N)c(-c5ccccc5Cl)nc4c3c2)cn1. The van der Waals surface area contributed by atoms with Crippen LogP contribution in [0.1, 0.15) is 5.69 Å². The second-order valence-corrected chi connectivity index (χ2v) is 6.88. The molecule has 7 heteroatoms. The second-order valence-electron chi connectivity index (χ2n) is 6.47. The molecule has 4 heterocycles. The molecule has 0 atom stereocenters. The van der Waals surface area contributed by atoms with Gasteiger partial charge in [-0.25, -0.2) is 4.98 Å². The van der Waals surface area contributed by atoms with Gasteiger partial charge in [-0.3, -0.25) is 14.1 Å². The van der Waals surface area contributed by atoms with E-state index >= 15 is 0 Å². The van der Waals surface area contributed by atoms with E-state index in [1.54, 1.807) is 21.3 Å². The Hall–Kier alpha value is -3.69. The van der Waals surface area contributed by atoms with Gasteiger partial charge in [0, 0.05) is 47.7 Å². The fourth-order valence-corrected chi connectivity index (χ4v) is 3.60. The van der Waals surface area contributed by atoms with Crippen LogP contribution in [0.15, 0.2) is 61.2 Å². The van der Waals surface area contributed by atoms with Crippen molar-refractivity contribution in [3.63, 3.8) is 0 Å². The van der Waals surface area contributed by atoms with E-state index in [1.807, 2.05) is 56.0 Å². The zero-order chi connectivity index (χ0) is 19.3. The summed E-state index contributed by atoms with van der Waals surface area (Å²) in [6.45, 7) is 0. The highest BCUT2D eigenvalue weighted by Crippen LogP contribution is 2.32. The standard InChI is InChI=1S/C21H13ClN6/c1-27-12-14(11-25-27)13-8-16-18(24-10-13)6-7-28-19(9-23)20(26-21(16)28)15-4-2-3-5-17(15)22/h2-8,10-12H,1H3. The van der Waals surface area contributed by atoms with Crippen LogP contribution in [0.25, 0.3) is 38.9 Å². The van der Waals surface area contributed by atoms with Crippen molar-refractivity contribution in [2.24, 2.45) is 7.05 Å². The van der Waals surface area contributed by atoms with Crippen molar-refractivity contribution in [1.29, 1.82) is 5.26 Å². The molecule has 6 nitrogen and oxygen atoms in total. The molecule has 0 aliphatic heterocycles. The van der Waals surface area contributed by atoms with Gasteiger partial charge in [0.15, 0.2) is 5.69 Å². The lowest BCUT2D eigenvalue weighted by molar-refractivity contribution is 0.768. The summed E-state index contributed by atoms with van der Waals surface area (Å²) in [4.78, 5) is 9.35. The lowest BCUT2D eigenvalue weighted by atomic mass is 10.1. The molecule has 5 rings (SSSR count). The predicted octanol–water partition coefficient (Wildman–Crippen LogP) is 4.48. The molecular formula is C21H13ClN6. The molecule has 0 saturated carbocycles. The number of hydrogen-bond donors (Lipinski definition) is 0. The molecule has 0 unspecified atom stereocenters. The van der Waals surface area contributed by atoms with Gasteiger partial charge in [-0.05, 0) is 18.2 Å². The number of hydrogen-bond acceptors (Lipinski definition) is 4. The average molecular weight is 385 g/mol. The first-order valence-electron chi connectivity index (χ1n) is 8.60. The summed E-state index contributed by atoms with van der Waals surface area (Å²) in [5.74, 6) is 0. The third-order valence-electron chi connectivity index (χ3n) is 4.73. The van der Waals surface area contributed by atoms with Crippen LogP contribution < -0.4 is 0 Å². The molecule has 1 aromatic carbocycles. The van der Waals surface area contributed by atoms with Crippen molar-refractivity contribution in [3.05, 3.63) is 71.9 Å². The monoisotopic (exact) mass is 384 g/mol. The molecule has 0 aliphatic rings. The molecule has 0 N–H and O–H groups in total. The maximum absolute atomic E-state index is 9.78. The topological polar surface area (TPSA) is 71.8 Å². The Labute approximate surface area is 165 Å². The number of fused-ring (bicyclic) bond motifs is 3. The maximum Gasteiger partial charge on any atom is 0.152 e. The van der Waals surface area contributed by atoms with Crippen molar-refractivity contribution in [2.75, 3.05) is 0 Å². The number of nitriles is 1. The van der Waals surface area contributed by atoms with Gasteiger partial charge in [0.05, 0.1) is 16.7 Å². The van der Waals surface area contributed by atoms with Gasteiger partial charge >= 0.3 is 0 Å². The van der Waals surface area contributed by atoms with Crippen LogP contribution in [-0.2, 0) is 7.05 Å². The lowest BCUT2D eigenvalue weighted by Gasteiger charge is -2.03. The Morgan fingerprint density at radius 3 is 2.71 bits per heavy atom. The molecule has 134 valence electrons. The predicted molar refractivity (Wildman–Crippen MR) is 108 cm³/mol. The van der Waals surface area contributed by atoms with Crippen molar-refractivity contribution in [1.82, 2.24) is 24.1 Å². The van der Waals surface area contributed by atoms with Crippen LogP contribution in [0.2, 0.25) is 5.02 Å². The van der Waals surface area contributed by atoms with Crippen molar-refractivity contribution >= 4 is 28.2 Å². The lowest BCUT2D eigenvalue weighted by Crippen LogP contribution is -1.91. The highest BCUT2D eigenvalue weighted by Gasteiger charge is 2.18. The summed E-state index contributed by atoms with van der Waals surface area (Å²) in [7, 11) is 1.87. The number of pyridine rings is 2. The van der Waals surface area contributed by atoms with Crippen LogP contribution in [0.3, 0.4) is 0 Å². The highest BCUT2D eigenvalue weighted by atomic mass is 35.5. The van der Waals surface area contributed by atoms with E-state index in [2.05, 4.69) is 16.2 Å². The van der Waals surface area contributed by atoms with E-state index < -0.39 is 0 Å². The number of benzene rings is 1. The molecular weight excluding hydrogens is 372 g/mol. The minimum Gasteiger partial charge on any atom is -0.290 e. The minimum absolute atomic E-state index is 0.441. The Morgan fingerprint density at radius 1 is 1.11 bits per heavy atom. The number of rotatable bonds is 2. The molecule has 0 aliphatic carbocycles. The van der Waals surface area contributed by atoms with Crippen LogP contribution in [-0.4, -0.2) is 24.1 Å². The molecule has 0 saturated heterocycles. The summed E-state index contributed by atoms with van der Waals surface area (Å²) in [6.07, 6.45) is 7.37. The first kappa shape index (κ1) is 16.5. The highest BCUT2D eigenvalue weighted by molar-refractivity contribution is 6.33. The van der Waals surface area contributed by atoms with Crippen LogP contribution >= 0.6 is 11.6 Å². The fourth-order valence-electron chi connectivity index (χ4n) is 3.38. The fraction of sp³-hybridized carbons (Fsp3) is 0.0476. The van der Waals surface area contributed by atoms with Crippen molar-refractivity contribution < 1.29 is 0 Å². The molecule has 28 heavy (non-hydrogen) atoms. The van der Waals surface area contributed by atoms with Crippen molar-refractivity contribution in [3.8, 4) is 28.5 Å². The number of aryl methyl sites for hydroxylation is 1. The second kappa shape index (κ2) is 6.19. The average Bonchev–Trinajstić information content (AvgIpc) is 3.31. The molecule has 0 fully saturated rings. The van der Waals surface area contributed by atoms with E-state index in [1.165, 1.54) is 0 Å². The van der Waals surface area contributed by atoms with E-state index in [9.17, 15) is 5.26 Å². The number of aromatic nitrogens is 5. The van der Waals surface area contributed by atoms with E-state index in [4.69, 9.17) is 16.6 Å². The van der Waals surface area contributed by atoms with Gasteiger partial charge in [0.25, 0.3) is 0 Å². The zero-order valence-corrected chi connectivity index (χ0v) is 15.6. The summed E-state index contributed by atoms with van der Waals surface area (Å²) in [6, 6.07) is 13.6. The van der Waals surface area contributed by atoms with Crippen molar-refractivity contribution in [2.45, 2.75) is 0 Å². The molecule has 0 amide bonds. The van der Waals surface area contributed by atoms with Crippen LogP contribution in [0.5, 0.6) is 0 Å². The van der Waals surface area contributed by atoms with E-state index in [0.29, 0.717) is 22.1 Å². The van der Waals surface area contributed by atoms with E-state index in [0.717, 1.165) is 27.6 Å². The number of halogens is 1. The summed E-state index contributed by atoms with van der Waals surface area (Å²) in [5.41, 5.74) is 5.12. The molecule has 5 aromatic rings. The van der Waals surface area contributed by atoms with Gasteiger partial charge in [-0.2, -0.15) is 10.4 Å². The maximum atomic E-state index is 9.78. The zero-order valence-electron chi connectivity index (χ0n) is 14.8. The summed E-state index contributed by atoms with van der Waals surface area (Å²) in [5, 5.41) is 15.4. The van der Waals surface area contributed by atoms with Gasteiger partial charge in [0.1, 0.15) is 17.4 Å². The normalized spacial score (nSPS) is 11.2. The third kappa shape index (κ3) is 2.45. The molecule has 4 aromatic heterocycles. The Kier molecular flexibility index (Phi) is 3.64. The first-order valence-corrected chi connectivity index (χ1v) is 8.98. The smallest absolute Gasteiger partial charge is 0.152 e. The van der Waals surface area contributed by atoms with Gasteiger partial charge < -0.3 is 0 Å². The minimum atomic E-state index is 0.441. The third-order valence-corrected chi connectivity index (χ3v) is 5.05. The largest absolute Gasteiger partial charge is 0.290 e.